The molecule has 0 saturated carbocycles. The fourth-order valence-corrected chi connectivity index (χ4v) is 4.63. The second-order valence-electron chi connectivity index (χ2n) is 6.22. The number of hydrogen-bond acceptors (Lipinski definition) is 5. The van der Waals surface area contributed by atoms with Crippen molar-refractivity contribution < 1.29 is 4.79 Å². The second-order valence-corrected chi connectivity index (χ2v) is 8.03. The molecular weight excluding hydrogens is 378 g/mol. The van der Waals surface area contributed by atoms with Gasteiger partial charge in [-0.15, -0.1) is 22.7 Å². The lowest BCUT2D eigenvalue weighted by Gasteiger charge is -2.17. The molecule has 0 radical (unpaired) electrons. The third-order valence-corrected chi connectivity index (χ3v) is 6.13. The third-order valence-electron chi connectivity index (χ3n) is 4.34. The summed E-state index contributed by atoms with van der Waals surface area (Å²) in [6.45, 7) is 0.480. The summed E-state index contributed by atoms with van der Waals surface area (Å²) in [6, 6.07) is 13.7. The molecule has 7 heteroatoms. The summed E-state index contributed by atoms with van der Waals surface area (Å²) in [6.07, 6.45) is 1.47. The number of fused-ring (bicyclic) bond motifs is 1. The molecule has 27 heavy (non-hydrogen) atoms. The predicted octanol–water partition coefficient (Wildman–Crippen LogP) is 3.85. The molecule has 4 rings (SSSR count). The second kappa shape index (κ2) is 7.46. The molecule has 136 valence electrons. The van der Waals surface area contributed by atoms with E-state index >= 15 is 0 Å². The molecule has 0 N–H and O–H groups in total. The molecule has 0 fully saturated rings. The topological polar surface area (TPSA) is 55.2 Å². The van der Waals surface area contributed by atoms with Crippen LogP contribution in [-0.4, -0.2) is 27.4 Å². The van der Waals surface area contributed by atoms with Gasteiger partial charge in [-0.2, -0.15) is 0 Å². The number of hydrogen-bond donors (Lipinski definition) is 0. The van der Waals surface area contributed by atoms with E-state index < -0.39 is 0 Å². The van der Waals surface area contributed by atoms with E-state index in [1.807, 2.05) is 53.2 Å². The maximum atomic E-state index is 13.0. The van der Waals surface area contributed by atoms with Gasteiger partial charge in [0.05, 0.1) is 11.7 Å². The van der Waals surface area contributed by atoms with E-state index in [0.717, 1.165) is 16.0 Å². The van der Waals surface area contributed by atoms with Gasteiger partial charge in [0.15, 0.2) is 0 Å². The van der Waals surface area contributed by atoms with Crippen LogP contribution in [0.1, 0.15) is 5.56 Å². The van der Waals surface area contributed by atoms with Crippen molar-refractivity contribution in [2.75, 3.05) is 7.05 Å². The average Bonchev–Trinajstić information content (AvgIpc) is 3.34. The number of thiophene rings is 2. The minimum atomic E-state index is -0.175. The van der Waals surface area contributed by atoms with Crippen molar-refractivity contribution >= 4 is 38.8 Å². The van der Waals surface area contributed by atoms with Crippen molar-refractivity contribution in [2.24, 2.45) is 0 Å². The Hall–Kier alpha value is -2.77. The first-order valence-corrected chi connectivity index (χ1v) is 10.2. The predicted molar refractivity (Wildman–Crippen MR) is 110 cm³/mol. The Balaban J connectivity index is 1.60. The fraction of sp³-hybridized carbons (Fsp3) is 0.150. The van der Waals surface area contributed by atoms with E-state index in [4.69, 9.17) is 0 Å². The maximum Gasteiger partial charge on any atom is 0.263 e. The van der Waals surface area contributed by atoms with E-state index in [-0.39, 0.29) is 18.0 Å². The molecule has 1 aromatic carbocycles. The highest BCUT2D eigenvalue weighted by atomic mass is 32.1. The number of rotatable bonds is 5. The number of nitrogens with zero attached hydrogens (tertiary/aromatic N) is 3. The zero-order valence-corrected chi connectivity index (χ0v) is 16.3. The summed E-state index contributed by atoms with van der Waals surface area (Å²) in [5.41, 5.74) is 1.76. The summed E-state index contributed by atoms with van der Waals surface area (Å²) in [5.74, 6) is -0.130. The molecule has 3 aromatic heterocycles. The van der Waals surface area contributed by atoms with Crippen LogP contribution in [0.5, 0.6) is 0 Å². The molecule has 3 heterocycles. The van der Waals surface area contributed by atoms with Crippen LogP contribution in [0.2, 0.25) is 0 Å². The summed E-state index contributed by atoms with van der Waals surface area (Å²) in [4.78, 5) is 33.3. The minimum Gasteiger partial charge on any atom is -0.340 e. The van der Waals surface area contributed by atoms with Crippen LogP contribution in [0.15, 0.2) is 64.3 Å². The van der Waals surface area contributed by atoms with Gasteiger partial charge in [-0.05, 0) is 17.0 Å². The van der Waals surface area contributed by atoms with Crippen LogP contribution in [0.3, 0.4) is 0 Å². The van der Waals surface area contributed by atoms with Gasteiger partial charge in [0.25, 0.3) is 5.56 Å². The average molecular weight is 396 g/mol. The summed E-state index contributed by atoms with van der Waals surface area (Å²) in [5, 5.41) is 4.53. The lowest BCUT2D eigenvalue weighted by Crippen LogP contribution is -2.33. The SMILES string of the molecule is CN(Cc1ccccc1)C(=O)Cn1cnc2scc(-c3cccs3)c2c1=O. The molecule has 4 aromatic rings. The van der Waals surface area contributed by atoms with Gasteiger partial charge < -0.3 is 4.90 Å². The van der Waals surface area contributed by atoms with Crippen LogP contribution in [-0.2, 0) is 17.9 Å². The third kappa shape index (κ3) is 3.56. The Kier molecular flexibility index (Phi) is 4.87. The fourth-order valence-electron chi connectivity index (χ4n) is 2.91. The smallest absolute Gasteiger partial charge is 0.263 e. The van der Waals surface area contributed by atoms with Crippen molar-refractivity contribution in [3.8, 4) is 10.4 Å². The number of aromatic nitrogens is 2. The molecule has 0 aliphatic rings. The van der Waals surface area contributed by atoms with Gasteiger partial charge in [-0.3, -0.25) is 14.2 Å². The minimum absolute atomic E-state index is 0.0230. The molecule has 0 saturated heterocycles. The number of likely N-dealkylation sites (N-methyl/N-ethyl adjacent to an activating group) is 1. The Morgan fingerprint density at radius 1 is 1.15 bits per heavy atom. The molecule has 0 atom stereocenters. The van der Waals surface area contributed by atoms with E-state index in [1.165, 1.54) is 22.2 Å². The Morgan fingerprint density at radius 3 is 2.70 bits per heavy atom. The van der Waals surface area contributed by atoms with Crippen molar-refractivity contribution in [2.45, 2.75) is 13.1 Å². The quantitative estimate of drug-likeness (QED) is 0.516. The van der Waals surface area contributed by atoms with E-state index in [0.29, 0.717) is 16.8 Å². The first-order valence-electron chi connectivity index (χ1n) is 8.42. The van der Waals surface area contributed by atoms with Crippen LogP contribution < -0.4 is 5.56 Å². The van der Waals surface area contributed by atoms with Crippen molar-refractivity contribution in [3.63, 3.8) is 0 Å². The van der Waals surface area contributed by atoms with E-state index in [9.17, 15) is 9.59 Å². The summed E-state index contributed by atoms with van der Waals surface area (Å²) >= 11 is 3.03. The van der Waals surface area contributed by atoms with Gasteiger partial charge in [0.2, 0.25) is 5.91 Å². The Bertz CT molecular complexity index is 1130. The summed E-state index contributed by atoms with van der Waals surface area (Å²) in [7, 11) is 1.74. The van der Waals surface area contributed by atoms with Gasteiger partial charge in [0, 0.05) is 29.4 Å². The van der Waals surface area contributed by atoms with Crippen molar-refractivity contribution in [1.82, 2.24) is 14.5 Å². The first-order chi connectivity index (χ1) is 13.1. The van der Waals surface area contributed by atoms with Crippen LogP contribution in [0, 0.1) is 0 Å². The Morgan fingerprint density at radius 2 is 1.96 bits per heavy atom. The number of carbonyl (C=O) groups excluding carboxylic acids is 1. The molecular formula is C20H17N3O2S2. The van der Waals surface area contributed by atoms with Gasteiger partial charge in [-0.25, -0.2) is 4.98 Å². The van der Waals surface area contributed by atoms with E-state index in [1.54, 1.807) is 23.3 Å². The first kappa shape index (κ1) is 17.6. The number of amides is 1. The van der Waals surface area contributed by atoms with Crippen molar-refractivity contribution in [1.29, 1.82) is 0 Å². The molecule has 0 aliphatic carbocycles. The molecule has 0 bridgehead atoms. The normalized spacial score (nSPS) is 11.0. The lowest BCUT2D eigenvalue weighted by atomic mass is 10.2. The molecule has 1 amide bonds. The van der Waals surface area contributed by atoms with Crippen LogP contribution >= 0.6 is 22.7 Å². The van der Waals surface area contributed by atoms with Gasteiger partial charge in [-0.1, -0.05) is 36.4 Å². The van der Waals surface area contributed by atoms with E-state index in [2.05, 4.69) is 4.98 Å². The standard InChI is InChI=1S/C20H17N3O2S2/c1-22(10-14-6-3-2-4-7-14)17(24)11-23-13-21-19-18(20(23)25)15(12-27-19)16-8-5-9-26-16/h2-9,12-13H,10-11H2,1H3. The molecule has 5 nitrogen and oxygen atoms in total. The molecule has 0 spiro atoms. The number of carbonyl (C=O) groups is 1. The lowest BCUT2D eigenvalue weighted by molar-refractivity contribution is -0.131. The monoisotopic (exact) mass is 395 g/mol. The Labute approximate surface area is 164 Å². The molecule has 0 aliphatic heterocycles. The van der Waals surface area contributed by atoms with Crippen LogP contribution in [0.4, 0.5) is 0 Å². The highest BCUT2D eigenvalue weighted by molar-refractivity contribution is 7.18. The zero-order chi connectivity index (χ0) is 18.8. The summed E-state index contributed by atoms with van der Waals surface area (Å²) < 4.78 is 1.40. The number of benzene rings is 1. The molecule has 0 unspecified atom stereocenters. The van der Waals surface area contributed by atoms with Gasteiger partial charge >= 0.3 is 0 Å². The van der Waals surface area contributed by atoms with Crippen molar-refractivity contribution in [3.05, 3.63) is 75.5 Å². The largest absolute Gasteiger partial charge is 0.340 e. The van der Waals surface area contributed by atoms with Crippen LogP contribution in [0.25, 0.3) is 20.7 Å². The maximum absolute atomic E-state index is 13.0. The van der Waals surface area contributed by atoms with Gasteiger partial charge in [0.1, 0.15) is 11.4 Å². The highest BCUT2D eigenvalue weighted by Gasteiger charge is 2.16. The highest BCUT2D eigenvalue weighted by Crippen LogP contribution is 2.33. The zero-order valence-electron chi connectivity index (χ0n) is 14.7.